The van der Waals surface area contributed by atoms with Crippen LogP contribution in [0.15, 0.2) is 24.5 Å². The van der Waals surface area contributed by atoms with Crippen LogP contribution in [-0.2, 0) is 9.53 Å². The van der Waals surface area contributed by atoms with Crippen molar-refractivity contribution < 1.29 is 9.53 Å². The summed E-state index contributed by atoms with van der Waals surface area (Å²) in [5.41, 5.74) is 1.12. The fraction of sp³-hybridized carbons (Fsp3) is 0.571. The molecule has 2 heterocycles. The molecule has 0 amide bonds. The molecule has 1 N–H and O–H groups in total. The predicted molar refractivity (Wildman–Crippen MR) is 72.6 cm³/mol. The first kappa shape index (κ1) is 14.0. The summed E-state index contributed by atoms with van der Waals surface area (Å²) in [6, 6.07) is 3.91. The second-order valence-corrected chi connectivity index (χ2v) is 4.67. The average molecular weight is 263 g/mol. The third-order valence-corrected chi connectivity index (χ3v) is 3.51. The van der Waals surface area contributed by atoms with Crippen LogP contribution < -0.4 is 5.32 Å². The molecular formula is C14H21N3O2. The van der Waals surface area contributed by atoms with Crippen LogP contribution in [0.25, 0.3) is 0 Å². The van der Waals surface area contributed by atoms with E-state index in [1.807, 2.05) is 25.3 Å². The van der Waals surface area contributed by atoms with E-state index in [9.17, 15) is 4.79 Å². The van der Waals surface area contributed by atoms with Crippen LogP contribution in [0.2, 0.25) is 0 Å². The Morgan fingerprint density at radius 2 is 2.53 bits per heavy atom. The summed E-state index contributed by atoms with van der Waals surface area (Å²) in [7, 11) is 0. The van der Waals surface area contributed by atoms with Crippen LogP contribution in [0.4, 0.5) is 0 Å². The quantitative estimate of drug-likeness (QED) is 0.821. The van der Waals surface area contributed by atoms with Crippen molar-refractivity contribution in [3.8, 4) is 0 Å². The third-order valence-electron chi connectivity index (χ3n) is 3.51. The monoisotopic (exact) mass is 263 g/mol. The summed E-state index contributed by atoms with van der Waals surface area (Å²) < 4.78 is 5.16. The van der Waals surface area contributed by atoms with E-state index >= 15 is 0 Å². The van der Waals surface area contributed by atoms with Gasteiger partial charge in [0, 0.05) is 38.1 Å². The van der Waals surface area contributed by atoms with Crippen molar-refractivity contribution in [1.29, 1.82) is 0 Å². The van der Waals surface area contributed by atoms with E-state index in [1.54, 1.807) is 6.20 Å². The molecule has 1 saturated heterocycles. The Morgan fingerprint density at radius 1 is 1.68 bits per heavy atom. The molecule has 0 saturated carbocycles. The van der Waals surface area contributed by atoms with Gasteiger partial charge in [-0.2, -0.15) is 0 Å². The Balaban J connectivity index is 2.13. The maximum absolute atomic E-state index is 12.0. The van der Waals surface area contributed by atoms with Gasteiger partial charge < -0.3 is 10.1 Å². The summed E-state index contributed by atoms with van der Waals surface area (Å²) in [4.78, 5) is 18.4. The fourth-order valence-corrected chi connectivity index (χ4v) is 2.46. The van der Waals surface area contributed by atoms with Crippen LogP contribution in [0.5, 0.6) is 0 Å². The number of carbonyl (C=O) groups excluding carboxylic acids is 1. The van der Waals surface area contributed by atoms with Gasteiger partial charge in [-0.25, -0.2) is 0 Å². The molecule has 104 valence electrons. The van der Waals surface area contributed by atoms with Crippen molar-refractivity contribution in [2.24, 2.45) is 0 Å². The normalized spacial score (nSPS) is 21.9. The summed E-state index contributed by atoms with van der Waals surface area (Å²) in [6.07, 6.45) is 3.62. The molecule has 0 aliphatic carbocycles. The minimum absolute atomic E-state index is 0.148. The van der Waals surface area contributed by atoms with Gasteiger partial charge in [-0.3, -0.25) is 14.7 Å². The number of hydrogen-bond acceptors (Lipinski definition) is 5. The Hall–Kier alpha value is -1.46. The maximum atomic E-state index is 12.0. The van der Waals surface area contributed by atoms with Crippen molar-refractivity contribution in [3.05, 3.63) is 30.1 Å². The summed E-state index contributed by atoms with van der Waals surface area (Å²) in [6.45, 7) is 6.73. The molecule has 2 rings (SSSR count). The number of esters is 1. The molecule has 5 nitrogen and oxygen atoms in total. The van der Waals surface area contributed by atoms with Crippen LogP contribution in [0.1, 0.15) is 25.5 Å². The van der Waals surface area contributed by atoms with E-state index in [4.69, 9.17) is 4.74 Å². The second kappa shape index (κ2) is 6.63. The van der Waals surface area contributed by atoms with Crippen LogP contribution in [0, 0.1) is 0 Å². The molecule has 1 aliphatic rings. The Bertz CT molecular complexity index is 410. The summed E-state index contributed by atoms with van der Waals surface area (Å²) >= 11 is 0. The lowest BCUT2D eigenvalue weighted by Gasteiger charge is -2.38. The highest BCUT2D eigenvalue weighted by molar-refractivity contribution is 5.76. The number of pyridine rings is 1. The zero-order valence-electron chi connectivity index (χ0n) is 11.5. The number of aromatic nitrogens is 1. The Kier molecular flexibility index (Phi) is 4.87. The molecule has 1 aromatic rings. The highest BCUT2D eigenvalue weighted by Gasteiger charge is 2.33. The third kappa shape index (κ3) is 3.30. The lowest BCUT2D eigenvalue weighted by atomic mass is 10.0. The number of nitrogens with zero attached hydrogens (tertiary/aromatic N) is 2. The molecule has 0 spiro atoms. The molecule has 19 heavy (non-hydrogen) atoms. The molecule has 0 aromatic carbocycles. The minimum atomic E-state index is -0.219. The highest BCUT2D eigenvalue weighted by Crippen LogP contribution is 2.23. The number of rotatable bonds is 4. The van der Waals surface area contributed by atoms with Crippen molar-refractivity contribution >= 4 is 5.97 Å². The van der Waals surface area contributed by atoms with Crippen LogP contribution >= 0.6 is 0 Å². The average Bonchev–Trinajstić information content (AvgIpc) is 2.47. The molecule has 2 unspecified atom stereocenters. The van der Waals surface area contributed by atoms with E-state index < -0.39 is 0 Å². The van der Waals surface area contributed by atoms with Gasteiger partial charge in [0.2, 0.25) is 0 Å². The van der Waals surface area contributed by atoms with Gasteiger partial charge in [-0.1, -0.05) is 6.07 Å². The second-order valence-electron chi connectivity index (χ2n) is 4.67. The molecule has 2 atom stereocenters. The maximum Gasteiger partial charge on any atom is 0.324 e. The number of carbonyl (C=O) groups is 1. The predicted octanol–water partition coefficient (Wildman–Crippen LogP) is 0.979. The van der Waals surface area contributed by atoms with Crippen molar-refractivity contribution in [2.45, 2.75) is 25.9 Å². The smallest absolute Gasteiger partial charge is 0.324 e. The first-order chi connectivity index (χ1) is 9.24. The minimum Gasteiger partial charge on any atom is -0.465 e. The first-order valence-corrected chi connectivity index (χ1v) is 6.77. The molecule has 1 aliphatic heterocycles. The summed E-state index contributed by atoms with van der Waals surface area (Å²) in [5.74, 6) is -0.148. The lowest BCUT2D eigenvalue weighted by Crippen LogP contribution is -2.55. The van der Waals surface area contributed by atoms with E-state index in [1.165, 1.54) is 0 Å². The van der Waals surface area contributed by atoms with Gasteiger partial charge >= 0.3 is 5.97 Å². The van der Waals surface area contributed by atoms with E-state index in [0.717, 1.165) is 18.7 Å². The lowest BCUT2D eigenvalue weighted by molar-refractivity contribution is -0.151. The van der Waals surface area contributed by atoms with Gasteiger partial charge in [0.05, 0.1) is 6.61 Å². The number of nitrogens with one attached hydrogen (secondary N) is 1. The van der Waals surface area contributed by atoms with Gasteiger partial charge in [0.25, 0.3) is 0 Å². The molecular weight excluding hydrogens is 242 g/mol. The van der Waals surface area contributed by atoms with Crippen LogP contribution in [0.3, 0.4) is 0 Å². The SMILES string of the molecule is CCOC(=O)C1CNCCN1C(C)c1cccnc1. The topological polar surface area (TPSA) is 54.5 Å². The van der Waals surface area contributed by atoms with E-state index in [2.05, 4.69) is 22.1 Å². The number of ether oxygens (including phenoxy) is 1. The van der Waals surface area contributed by atoms with Gasteiger partial charge in [-0.05, 0) is 25.5 Å². The number of hydrogen-bond donors (Lipinski definition) is 1. The fourth-order valence-electron chi connectivity index (χ4n) is 2.46. The van der Waals surface area contributed by atoms with Gasteiger partial charge in [0.1, 0.15) is 6.04 Å². The van der Waals surface area contributed by atoms with E-state index in [-0.39, 0.29) is 18.1 Å². The summed E-state index contributed by atoms with van der Waals surface area (Å²) in [5, 5.41) is 3.25. The standard InChI is InChI=1S/C14H21N3O2/c1-3-19-14(18)13-10-16-7-8-17(13)11(2)12-5-4-6-15-9-12/h4-6,9,11,13,16H,3,7-8,10H2,1-2H3. The zero-order valence-corrected chi connectivity index (χ0v) is 11.5. The largest absolute Gasteiger partial charge is 0.465 e. The molecule has 0 radical (unpaired) electrons. The Labute approximate surface area is 114 Å². The molecule has 5 heteroatoms. The molecule has 1 fully saturated rings. The molecule has 0 bridgehead atoms. The van der Waals surface area contributed by atoms with E-state index in [0.29, 0.717) is 13.2 Å². The van der Waals surface area contributed by atoms with Crippen LogP contribution in [-0.4, -0.2) is 48.1 Å². The van der Waals surface area contributed by atoms with Crippen molar-refractivity contribution in [3.63, 3.8) is 0 Å². The van der Waals surface area contributed by atoms with Gasteiger partial charge in [-0.15, -0.1) is 0 Å². The first-order valence-electron chi connectivity index (χ1n) is 6.77. The van der Waals surface area contributed by atoms with Crippen molar-refractivity contribution in [1.82, 2.24) is 15.2 Å². The highest BCUT2D eigenvalue weighted by atomic mass is 16.5. The van der Waals surface area contributed by atoms with Crippen molar-refractivity contribution in [2.75, 3.05) is 26.2 Å². The Morgan fingerprint density at radius 3 is 3.21 bits per heavy atom. The molecule has 1 aromatic heterocycles. The number of piperazine rings is 1. The van der Waals surface area contributed by atoms with Gasteiger partial charge in [0.15, 0.2) is 0 Å². The zero-order chi connectivity index (χ0) is 13.7.